The van der Waals surface area contributed by atoms with E-state index in [4.69, 9.17) is 13.9 Å². The molecule has 0 amide bonds. The van der Waals surface area contributed by atoms with Gasteiger partial charge in [0.25, 0.3) is 5.22 Å². The summed E-state index contributed by atoms with van der Waals surface area (Å²) < 4.78 is 19.0. The zero-order valence-electron chi connectivity index (χ0n) is 22.8. The molecule has 4 fully saturated rings. The van der Waals surface area contributed by atoms with Gasteiger partial charge in [0, 0.05) is 16.7 Å². The fourth-order valence-electron chi connectivity index (χ4n) is 9.07. The molecule has 4 aliphatic carbocycles. The van der Waals surface area contributed by atoms with Crippen LogP contribution in [0, 0.1) is 28.6 Å². The highest BCUT2D eigenvalue weighted by Gasteiger charge is 2.76. The summed E-state index contributed by atoms with van der Waals surface area (Å²) in [5, 5.41) is 12.3. The van der Waals surface area contributed by atoms with Gasteiger partial charge < -0.3 is 19.0 Å². The molecule has 8 atom stereocenters. The van der Waals surface area contributed by atoms with E-state index in [1.165, 1.54) is 11.8 Å². The molecule has 1 saturated heterocycles. The van der Waals surface area contributed by atoms with Crippen LogP contribution in [0.1, 0.15) is 53.4 Å². The van der Waals surface area contributed by atoms with Crippen LogP contribution >= 0.6 is 11.8 Å². The number of thioether (sulfide) groups is 1. The highest BCUT2D eigenvalue weighted by molar-refractivity contribution is 7.99. The number of allylic oxidation sites excluding steroid dienone is 4. The van der Waals surface area contributed by atoms with Crippen LogP contribution in [0.5, 0.6) is 0 Å². The number of ketones is 2. The quantitative estimate of drug-likeness (QED) is 0.515. The first-order valence-electron chi connectivity index (χ1n) is 14.0. The Morgan fingerprint density at radius 2 is 2.00 bits per heavy atom. The van der Waals surface area contributed by atoms with Crippen LogP contribution in [0.3, 0.4) is 0 Å². The van der Waals surface area contributed by atoms with Gasteiger partial charge in [0.2, 0.25) is 0 Å². The number of nitrogens with zero attached hydrogens (tertiary/aromatic N) is 1. The van der Waals surface area contributed by atoms with E-state index in [0.717, 1.165) is 23.9 Å². The van der Waals surface area contributed by atoms with Crippen LogP contribution in [0.4, 0.5) is 0 Å². The number of aromatic nitrogens is 1. The lowest BCUT2D eigenvalue weighted by Crippen LogP contribution is -2.63. The Bertz CT molecular complexity index is 1410. The van der Waals surface area contributed by atoms with Gasteiger partial charge in [-0.25, -0.2) is 4.98 Å². The number of aliphatic hydroxyl groups is 1. The zero-order valence-corrected chi connectivity index (χ0v) is 23.6. The van der Waals surface area contributed by atoms with Crippen molar-refractivity contribution in [2.45, 2.75) is 82.2 Å². The Morgan fingerprint density at radius 1 is 1.21 bits per heavy atom. The average molecular weight is 550 g/mol. The minimum Gasteiger partial charge on any atom is -0.431 e. The maximum Gasteiger partial charge on any atom is 0.257 e. The molecular weight excluding hydrogens is 514 g/mol. The van der Waals surface area contributed by atoms with Gasteiger partial charge in [-0.3, -0.25) is 9.59 Å². The second-order valence-corrected chi connectivity index (χ2v) is 13.9. The third-order valence-corrected chi connectivity index (χ3v) is 11.3. The number of rotatable bonds is 4. The van der Waals surface area contributed by atoms with Crippen molar-refractivity contribution in [1.82, 2.24) is 4.98 Å². The molecule has 1 aliphatic heterocycles. The van der Waals surface area contributed by atoms with Crippen molar-refractivity contribution in [2.75, 3.05) is 5.75 Å². The second kappa shape index (κ2) is 8.38. The third kappa shape index (κ3) is 3.51. The van der Waals surface area contributed by atoms with Crippen molar-refractivity contribution in [3.05, 3.63) is 48.1 Å². The first kappa shape index (κ1) is 25.7. The van der Waals surface area contributed by atoms with Crippen molar-refractivity contribution >= 4 is 34.4 Å². The van der Waals surface area contributed by atoms with Gasteiger partial charge in [0.05, 0.1) is 18.0 Å². The number of hydrogen-bond acceptors (Lipinski definition) is 8. The number of fused-ring (bicyclic) bond motifs is 8. The van der Waals surface area contributed by atoms with Crippen molar-refractivity contribution in [2.24, 2.45) is 28.6 Å². The standard InChI is InChI=1S/C31H35NO6S/c1-28(2)37-25-14-20-19-10-9-17-13-18(33)11-12-29(17,3)26(19)22(34)15-30(20,4)31(25,38-28)24(35)16-39-27-32-21-7-5-6-8-23(21)36-27/h5-8,11-13,19-20,22,25-26,34H,9-10,14-16H2,1-4H3/t19?,20?,22-,25+,26?,29?,30?,31+/m0/s1. The van der Waals surface area contributed by atoms with E-state index < -0.39 is 29.0 Å². The third-order valence-electron chi connectivity index (χ3n) is 10.5. The van der Waals surface area contributed by atoms with Crippen molar-refractivity contribution in [3.8, 4) is 0 Å². The van der Waals surface area contributed by atoms with Gasteiger partial charge in [0.15, 0.2) is 28.5 Å². The number of aliphatic hydroxyl groups excluding tert-OH is 1. The summed E-state index contributed by atoms with van der Waals surface area (Å²) in [5.74, 6) is -0.454. The molecule has 7 nitrogen and oxygen atoms in total. The molecule has 7 rings (SSSR count). The molecule has 2 aromatic rings. The average Bonchev–Trinajstić information content (AvgIpc) is 3.49. The summed E-state index contributed by atoms with van der Waals surface area (Å²) in [6.45, 7) is 8.04. The maximum absolute atomic E-state index is 14.3. The van der Waals surface area contributed by atoms with Crippen LogP contribution in [-0.2, 0) is 19.1 Å². The number of carbonyl (C=O) groups is 2. The van der Waals surface area contributed by atoms with Crippen LogP contribution in [0.2, 0.25) is 0 Å². The highest BCUT2D eigenvalue weighted by atomic mass is 32.2. The van der Waals surface area contributed by atoms with Crippen molar-refractivity contribution in [1.29, 1.82) is 0 Å². The maximum atomic E-state index is 14.3. The molecule has 0 radical (unpaired) electrons. The topological polar surface area (TPSA) is 98.9 Å². The summed E-state index contributed by atoms with van der Waals surface area (Å²) in [7, 11) is 0. The molecule has 1 aromatic heterocycles. The van der Waals surface area contributed by atoms with Crippen LogP contribution in [-0.4, -0.2) is 51.0 Å². The van der Waals surface area contributed by atoms with Crippen molar-refractivity contribution in [3.63, 3.8) is 0 Å². The Hall–Kier alpha value is -2.26. The molecule has 3 saturated carbocycles. The second-order valence-electron chi connectivity index (χ2n) is 13.0. The van der Waals surface area contributed by atoms with E-state index in [1.54, 1.807) is 12.2 Å². The van der Waals surface area contributed by atoms with E-state index in [2.05, 4.69) is 18.8 Å². The van der Waals surface area contributed by atoms with Crippen LogP contribution < -0.4 is 0 Å². The van der Waals surface area contributed by atoms with Crippen LogP contribution in [0.25, 0.3) is 11.1 Å². The lowest BCUT2D eigenvalue weighted by atomic mass is 9.46. The Balaban J connectivity index is 1.23. The first-order chi connectivity index (χ1) is 18.5. The lowest BCUT2D eigenvalue weighted by molar-refractivity contribution is -0.223. The van der Waals surface area contributed by atoms with Gasteiger partial charge in [-0.05, 0) is 75.7 Å². The minimum atomic E-state index is -1.17. The normalized spacial score (nSPS) is 42.0. The predicted octanol–water partition coefficient (Wildman–Crippen LogP) is 5.27. The van der Waals surface area contributed by atoms with E-state index in [1.807, 2.05) is 44.2 Å². The minimum absolute atomic E-state index is 0.0203. The molecule has 1 aromatic carbocycles. The lowest BCUT2D eigenvalue weighted by Gasteiger charge is -2.60. The first-order valence-corrected chi connectivity index (χ1v) is 15.0. The van der Waals surface area contributed by atoms with Gasteiger partial charge in [-0.1, -0.05) is 49.4 Å². The largest absolute Gasteiger partial charge is 0.431 e. The van der Waals surface area contributed by atoms with Gasteiger partial charge in [0.1, 0.15) is 5.52 Å². The Morgan fingerprint density at radius 3 is 2.79 bits per heavy atom. The van der Waals surface area contributed by atoms with Gasteiger partial charge in [-0.15, -0.1) is 0 Å². The SMILES string of the molecule is CC1(C)O[C@@H]2CC3C4CCC5=CC(=O)C=CC5(C)C4[C@@H](O)CC3(C)[C@]2(C(=O)CSc2nc3ccccc3o2)O1. The number of para-hydroxylation sites is 2. The summed E-state index contributed by atoms with van der Waals surface area (Å²) in [6, 6.07) is 7.56. The number of ether oxygens (including phenoxy) is 2. The van der Waals surface area contributed by atoms with Gasteiger partial charge in [-0.2, -0.15) is 0 Å². The molecule has 1 N–H and O–H groups in total. The smallest absolute Gasteiger partial charge is 0.257 e. The molecular formula is C31H35NO6S. The van der Waals surface area contributed by atoms with E-state index >= 15 is 0 Å². The predicted molar refractivity (Wildman–Crippen MR) is 146 cm³/mol. The number of benzene rings is 1. The molecule has 39 heavy (non-hydrogen) atoms. The summed E-state index contributed by atoms with van der Waals surface area (Å²) in [5.41, 5.74) is 0.439. The molecule has 0 bridgehead atoms. The molecule has 206 valence electrons. The van der Waals surface area contributed by atoms with Crippen molar-refractivity contribution < 1.29 is 28.6 Å². The summed E-state index contributed by atoms with van der Waals surface area (Å²) in [4.78, 5) is 31.0. The number of carbonyl (C=O) groups excluding carboxylic acids is 2. The highest BCUT2D eigenvalue weighted by Crippen LogP contribution is 2.70. The molecule has 5 aliphatic rings. The number of oxazole rings is 1. The summed E-state index contributed by atoms with van der Waals surface area (Å²) >= 11 is 1.29. The number of Topliss-reactive ketones (excluding diaryl/α,β-unsaturated/α-hetero) is 1. The molecule has 0 spiro atoms. The van der Waals surface area contributed by atoms with Gasteiger partial charge >= 0.3 is 0 Å². The van der Waals surface area contributed by atoms with E-state index in [9.17, 15) is 14.7 Å². The molecule has 8 heteroatoms. The Kier molecular flexibility index (Phi) is 5.52. The Labute approximate surface area is 232 Å². The van der Waals surface area contributed by atoms with E-state index in [0.29, 0.717) is 23.6 Å². The summed E-state index contributed by atoms with van der Waals surface area (Å²) in [6.07, 6.45) is 7.26. The number of hydrogen-bond donors (Lipinski definition) is 1. The van der Waals surface area contributed by atoms with Crippen LogP contribution in [0.15, 0.2) is 57.7 Å². The zero-order chi connectivity index (χ0) is 27.4. The fraction of sp³-hybridized carbons (Fsp3) is 0.581. The fourth-order valence-corrected chi connectivity index (χ4v) is 9.85. The molecule has 5 unspecified atom stereocenters. The monoisotopic (exact) mass is 549 g/mol. The molecule has 2 heterocycles. The van der Waals surface area contributed by atoms with E-state index in [-0.39, 0.29) is 40.5 Å².